The van der Waals surface area contributed by atoms with Crippen LogP contribution in [0, 0.1) is 11.6 Å². The zero-order valence-corrected chi connectivity index (χ0v) is 11.5. The molecule has 0 aliphatic heterocycles. The van der Waals surface area contributed by atoms with Gasteiger partial charge in [-0.3, -0.25) is 0 Å². The zero-order chi connectivity index (χ0) is 15.4. The molecule has 0 amide bonds. The third kappa shape index (κ3) is 3.43. The predicted molar refractivity (Wildman–Crippen MR) is 69.1 cm³/mol. The first-order valence-corrected chi connectivity index (χ1v) is 6.06. The number of nitrogens with zero attached hydrogens (tertiary/aromatic N) is 2. The summed E-state index contributed by atoms with van der Waals surface area (Å²) in [4.78, 5) is 19.0. The van der Waals surface area contributed by atoms with Gasteiger partial charge in [0.2, 0.25) is 5.88 Å². The van der Waals surface area contributed by atoms with Crippen molar-refractivity contribution < 1.29 is 23.0 Å². The van der Waals surface area contributed by atoms with Gasteiger partial charge >= 0.3 is 5.97 Å². The minimum atomic E-state index is -0.782. The Morgan fingerprint density at radius 3 is 2.76 bits per heavy atom. The monoisotopic (exact) mass is 314 g/mol. The molecule has 1 heterocycles. The van der Waals surface area contributed by atoms with Gasteiger partial charge in [0.05, 0.1) is 7.11 Å². The molecular formula is C13H9ClF2N2O3. The quantitative estimate of drug-likeness (QED) is 0.641. The molecule has 0 saturated heterocycles. The number of carbonyl (C=O) groups excluding carboxylic acids is 1. The van der Waals surface area contributed by atoms with Crippen molar-refractivity contribution in [3.63, 3.8) is 0 Å². The highest BCUT2D eigenvalue weighted by Crippen LogP contribution is 2.23. The van der Waals surface area contributed by atoms with Crippen LogP contribution < -0.4 is 4.74 Å². The summed E-state index contributed by atoms with van der Waals surface area (Å²) in [7, 11) is 1.16. The van der Waals surface area contributed by atoms with Gasteiger partial charge in [-0.15, -0.1) is 0 Å². The Labute approximate surface area is 123 Å². The molecule has 0 spiro atoms. The van der Waals surface area contributed by atoms with Crippen LogP contribution in [0.3, 0.4) is 0 Å². The lowest BCUT2D eigenvalue weighted by atomic mass is 10.2. The Balaban J connectivity index is 2.24. The minimum absolute atomic E-state index is 0.0990. The largest absolute Gasteiger partial charge is 0.472 e. The van der Waals surface area contributed by atoms with E-state index in [1.807, 2.05) is 0 Å². The molecular weight excluding hydrogens is 306 g/mol. The summed E-state index contributed by atoms with van der Waals surface area (Å²) in [5.74, 6) is -2.40. The van der Waals surface area contributed by atoms with Crippen molar-refractivity contribution in [2.24, 2.45) is 0 Å². The fourth-order valence-corrected chi connectivity index (χ4v) is 1.72. The number of halogens is 3. The molecule has 0 N–H and O–H groups in total. The van der Waals surface area contributed by atoms with Crippen molar-refractivity contribution in [1.82, 2.24) is 9.97 Å². The van der Waals surface area contributed by atoms with Gasteiger partial charge in [0, 0.05) is 11.6 Å². The Bertz CT molecular complexity index is 682. The molecule has 0 radical (unpaired) electrons. The molecule has 0 bridgehead atoms. The van der Waals surface area contributed by atoms with Crippen molar-refractivity contribution in [2.75, 3.05) is 7.11 Å². The molecule has 110 valence electrons. The van der Waals surface area contributed by atoms with E-state index in [0.29, 0.717) is 0 Å². The van der Waals surface area contributed by atoms with Crippen LogP contribution in [0.1, 0.15) is 15.9 Å². The summed E-state index contributed by atoms with van der Waals surface area (Å²) in [6.45, 7) is -0.260. The van der Waals surface area contributed by atoms with E-state index >= 15 is 0 Å². The van der Waals surface area contributed by atoms with Gasteiger partial charge in [0.25, 0.3) is 0 Å². The summed E-state index contributed by atoms with van der Waals surface area (Å²) in [6.07, 6.45) is 1.09. The van der Waals surface area contributed by atoms with Crippen molar-refractivity contribution in [2.45, 2.75) is 6.61 Å². The molecule has 0 aliphatic rings. The maximum absolute atomic E-state index is 13.5. The molecule has 0 aliphatic carbocycles. The van der Waals surface area contributed by atoms with E-state index in [1.54, 1.807) is 0 Å². The maximum Gasteiger partial charge on any atom is 0.346 e. The number of rotatable bonds is 4. The Morgan fingerprint density at radius 1 is 1.33 bits per heavy atom. The summed E-state index contributed by atoms with van der Waals surface area (Å²) in [6, 6.07) is 3.05. The number of benzene rings is 1. The fraction of sp³-hybridized carbons (Fsp3) is 0.154. The fourth-order valence-electron chi connectivity index (χ4n) is 1.52. The molecule has 0 unspecified atom stereocenters. The molecule has 8 heteroatoms. The average Bonchev–Trinajstić information content (AvgIpc) is 2.45. The topological polar surface area (TPSA) is 61.3 Å². The number of aromatic nitrogens is 2. The molecule has 21 heavy (non-hydrogen) atoms. The van der Waals surface area contributed by atoms with E-state index in [1.165, 1.54) is 6.07 Å². The van der Waals surface area contributed by atoms with Gasteiger partial charge in [-0.1, -0.05) is 11.6 Å². The van der Waals surface area contributed by atoms with Crippen LogP contribution >= 0.6 is 11.6 Å². The lowest BCUT2D eigenvalue weighted by Gasteiger charge is -2.10. The Kier molecular flexibility index (Phi) is 4.64. The van der Waals surface area contributed by atoms with E-state index in [0.717, 1.165) is 25.6 Å². The van der Waals surface area contributed by atoms with Gasteiger partial charge in [-0.2, -0.15) is 0 Å². The molecule has 0 fully saturated rings. The van der Waals surface area contributed by atoms with E-state index in [-0.39, 0.29) is 28.8 Å². The maximum atomic E-state index is 13.5. The van der Waals surface area contributed by atoms with Crippen LogP contribution in [0.2, 0.25) is 5.15 Å². The van der Waals surface area contributed by atoms with Crippen LogP contribution in [-0.2, 0) is 11.3 Å². The van der Waals surface area contributed by atoms with E-state index in [9.17, 15) is 13.6 Å². The van der Waals surface area contributed by atoms with Gasteiger partial charge in [-0.25, -0.2) is 23.5 Å². The third-order valence-electron chi connectivity index (χ3n) is 2.54. The first-order valence-electron chi connectivity index (χ1n) is 5.68. The van der Waals surface area contributed by atoms with Gasteiger partial charge in [-0.05, 0) is 12.1 Å². The summed E-state index contributed by atoms with van der Waals surface area (Å²) in [5, 5.41) is -0.147. The van der Waals surface area contributed by atoms with Crippen LogP contribution in [0.4, 0.5) is 8.78 Å². The predicted octanol–water partition coefficient (Wildman–Crippen LogP) is 2.77. The normalized spacial score (nSPS) is 10.3. The number of hydrogen-bond acceptors (Lipinski definition) is 5. The summed E-state index contributed by atoms with van der Waals surface area (Å²) >= 11 is 5.78. The number of ether oxygens (including phenoxy) is 2. The highest BCUT2D eigenvalue weighted by molar-refractivity contribution is 6.32. The second-order valence-corrected chi connectivity index (χ2v) is 4.22. The highest BCUT2D eigenvalue weighted by atomic mass is 35.5. The molecule has 5 nitrogen and oxygen atoms in total. The second-order valence-electron chi connectivity index (χ2n) is 3.86. The zero-order valence-electron chi connectivity index (χ0n) is 10.8. The molecule has 1 aromatic heterocycles. The van der Waals surface area contributed by atoms with E-state index in [4.69, 9.17) is 16.3 Å². The lowest BCUT2D eigenvalue weighted by molar-refractivity contribution is 0.0594. The number of carbonyl (C=O) groups is 1. The molecule has 0 atom stereocenters. The van der Waals surface area contributed by atoms with Crippen LogP contribution in [0.5, 0.6) is 5.88 Å². The standard InChI is InChI=1S/C13H9ClF2N2O3/c1-20-13(19)10-11(14)17-6-18-12(10)21-5-7-2-3-8(15)4-9(7)16/h2-4,6H,5H2,1H3. The molecule has 1 aromatic carbocycles. The van der Waals surface area contributed by atoms with Gasteiger partial charge in [0.1, 0.15) is 24.6 Å². The second kappa shape index (κ2) is 6.45. The van der Waals surface area contributed by atoms with Crippen molar-refractivity contribution in [3.8, 4) is 5.88 Å². The van der Waals surface area contributed by atoms with Crippen molar-refractivity contribution >= 4 is 17.6 Å². The Hall–Kier alpha value is -2.28. The number of hydrogen-bond donors (Lipinski definition) is 0. The van der Waals surface area contributed by atoms with Crippen LogP contribution in [-0.4, -0.2) is 23.0 Å². The Morgan fingerprint density at radius 2 is 2.10 bits per heavy atom. The van der Waals surface area contributed by atoms with Crippen LogP contribution in [0.15, 0.2) is 24.5 Å². The molecule has 2 rings (SSSR count). The first kappa shape index (κ1) is 15.1. The third-order valence-corrected chi connectivity index (χ3v) is 2.82. The first-order chi connectivity index (χ1) is 10.0. The van der Waals surface area contributed by atoms with E-state index in [2.05, 4.69) is 14.7 Å². The summed E-state index contributed by atoms with van der Waals surface area (Å²) < 4.78 is 36.1. The number of methoxy groups -OCH3 is 1. The average molecular weight is 315 g/mol. The molecule has 2 aromatic rings. The smallest absolute Gasteiger partial charge is 0.346 e. The highest BCUT2D eigenvalue weighted by Gasteiger charge is 2.20. The lowest BCUT2D eigenvalue weighted by Crippen LogP contribution is -2.10. The number of esters is 1. The van der Waals surface area contributed by atoms with E-state index < -0.39 is 17.6 Å². The molecule has 0 saturated carbocycles. The van der Waals surface area contributed by atoms with Crippen LogP contribution in [0.25, 0.3) is 0 Å². The summed E-state index contributed by atoms with van der Waals surface area (Å²) in [5.41, 5.74) is -0.0638. The van der Waals surface area contributed by atoms with Gasteiger partial charge < -0.3 is 9.47 Å². The van der Waals surface area contributed by atoms with Crippen molar-refractivity contribution in [3.05, 3.63) is 52.4 Å². The SMILES string of the molecule is COC(=O)c1c(Cl)ncnc1OCc1ccc(F)cc1F. The van der Waals surface area contributed by atoms with Gasteiger partial charge in [0.15, 0.2) is 10.7 Å². The minimum Gasteiger partial charge on any atom is -0.472 e. The van der Waals surface area contributed by atoms with Crippen molar-refractivity contribution in [1.29, 1.82) is 0 Å².